The summed E-state index contributed by atoms with van der Waals surface area (Å²) >= 11 is 0. The van der Waals surface area contributed by atoms with Crippen LogP contribution in [0.1, 0.15) is 30.9 Å². The molecule has 0 saturated carbocycles. The van der Waals surface area contributed by atoms with Gasteiger partial charge in [0.05, 0.1) is 6.10 Å². The molecule has 0 radical (unpaired) electrons. The lowest BCUT2D eigenvalue weighted by Gasteiger charge is -2.13. The minimum absolute atomic E-state index is 0. The van der Waals surface area contributed by atoms with Crippen LogP contribution in [0.2, 0.25) is 0 Å². The van der Waals surface area contributed by atoms with Gasteiger partial charge in [-0.05, 0) is 49.5 Å². The van der Waals surface area contributed by atoms with Crippen LogP contribution in [0.25, 0.3) is 0 Å². The maximum atomic E-state index is 12.8. The summed E-state index contributed by atoms with van der Waals surface area (Å²) in [5, 5.41) is 15.9. The first-order valence-corrected chi connectivity index (χ1v) is 7.06. The van der Waals surface area contributed by atoms with Crippen LogP contribution in [0.4, 0.5) is 4.39 Å². The molecule has 2 atom stereocenters. The van der Waals surface area contributed by atoms with Gasteiger partial charge in [0.1, 0.15) is 5.82 Å². The van der Waals surface area contributed by atoms with Crippen molar-refractivity contribution in [2.45, 2.75) is 25.4 Å². The summed E-state index contributed by atoms with van der Waals surface area (Å²) < 4.78 is 12.8. The highest BCUT2D eigenvalue weighted by Crippen LogP contribution is 2.15. The van der Waals surface area contributed by atoms with E-state index in [4.69, 9.17) is 0 Å². The molecule has 6 heteroatoms. The molecule has 3 N–H and O–H groups in total. The number of carbonyl (C=O) groups excluding carboxylic acids is 1. The number of rotatable bonds is 6. The maximum Gasteiger partial charge on any atom is 0.220 e. The highest BCUT2D eigenvalue weighted by molar-refractivity contribution is 5.85. The Balaban J connectivity index is 0.00000220. The van der Waals surface area contributed by atoms with E-state index in [9.17, 15) is 14.3 Å². The summed E-state index contributed by atoms with van der Waals surface area (Å²) in [6.45, 7) is 2.19. The van der Waals surface area contributed by atoms with Crippen LogP contribution in [-0.2, 0) is 4.79 Å². The van der Waals surface area contributed by atoms with Gasteiger partial charge in [0.25, 0.3) is 0 Å². The molecule has 2 unspecified atom stereocenters. The van der Waals surface area contributed by atoms with E-state index in [2.05, 4.69) is 10.6 Å². The molecule has 1 aliphatic heterocycles. The van der Waals surface area contributed by atoms with Crippen LogP contribution in [0.15, 0.2) is 24.3 Å². The molecular formula is C15H22ClFN2O2. The summed E-state index contributed by atoms with van der Waals surface area (Å²) in [6, 6.07) is 5.65. The monoisotopic (exact) mass is 316 g/mol. The van der Waals surface area contributed by atoms with Crippen molar-refractivity contribution in [3.8, 4) is 0 Å². The first-order valence-electron chi connectivity index (χ1n) is 7.06. The van der Waals surface area contributed by atoms with Gasteiger partial charge in [-0.1, -0.05) is 12.1 Å². The normalized spacial score (nSPS) is 18.9. The van der Waals surface area contributed by atoms with Crippen molar-refractivity contribution in [1.82, 2.24) is 10.6 Å². The number of hydrogen-bond donors (Lipinski definition) is 3. The summed E-state index contributed by atoms with van der Waals surface area (Å²) in [5.41, 5.74) is 0.603. The number of aliphatic hydroxyl groups excluding tert-OH is 1. The lowest BCUT2D eigenvalue weighted by Crippen LogP contribution is -2.28. The fraction of sp³-hybridized carbons (Fsp3) is 0.533. The fourth-order valence-electron chi connectivity index (χ4n) is 2.40. The van der Waals surface area contributed by atoms with Crippen LogP contribution in [0.5, 0.6) is 0 Å². The van der Waals surface area contributed by atoms with E-state index in [1.54, 1.807) is 0 Å². The zero-order chi connectivity index (χ0) is 14.4. The van der Waals surface area contributed by atoms with Gasteiger partial charge in [0, 0.05) is 13.0 Å². The van der Waals surface area contributed by atoms with Crippen LogP contribution in [-0.4, -0.2) is 30.6 Å². The Bertz CT molecular complexity index is 436. The third kappa shape index (κ3) is 5.99. The Morgan fingerprint density at radius 3 is 2.76 bits per heavy atom. The number of nitrogens with one attached hydrogen (secondary N) is 2. The van der Waals surface area contributed by atoms with Gasteiger partial charge < -0.3 is 15.7 Å². The molecule has 2 rings (SSSR count). The molecule has 1 aliphatic rings. The average molecular weight is 317 g/mol. The van der Waals surface area contributed by atoms with Crippen LogP contribution >= 0.6 is 12.4 Å². The number of carbonyl (C=O) groups is 1. The summed E-state index contributed by atoms with van der Waals surface area (Å²) in [5.74, 6) is 0.205. The molecule has 21 heavy (non-hydrogen) atoms. The highest BCUT2D eigenvalue weighted by Gasteiger charge is 2.16. The molecule has 1 fully saturated rings. The molecule has 1 aromatic rings. The number of halogens is 2. The second-order valence-corrected chi connectivity index (χ2v) is 5.27. The minimum Gasteiger partial charge on any atom is -0.387 e. The molecule has 1 amide bonds. The predicted molar refractivity (Wildman–Crippen MR) is 81.8 cm³/mol. The Kier molecular flexibility index (Phi) is 7.64. The molecule has 1 aromatic carbocycles. The quantitative estimate of drug-likeness (QED) is 0.750. The third-order valence-electron chi connectivity index (χ3n) is 3.69. The number of amides is 1. The number of hydrogen-bond acceptors (Lipinski definition) is 3. The SMILES string of the molecule is Cl.O=C(CCC1CCNC1)NCC(O)c1ccc(F)cc1. The van der Waals surface area contributed by atoms with Gasteiger partial charge in [0.15, 0.2) is 0 Å². The highest BCUT2D eigenvalue weighted by atomic mass is 35.5. The van der Waals surface area contributed by atoms with Gasteiger partial charge in [-0.15, -0.1) is 12.4 Å². The van der Waals surface area contributed by atoms with E-state index in [1.165, 1.54) is 24.3 Å². The smallest absolute Gasteiger partial charge is 0.220 e. The van der Waals surface area contributed by atoms with Crippen LogP contribution in [0.3, 0.4) is 0 Å². The Morgan fingerprint density at radius 2 is 2.14 bits per heavy atom. The molecule has 0 aromatic heterocycles. The molecule has 4 nitrogen and oxygen atoms in total. The topological polar surface area (TPSA) is 61.4 Å². The van der Waals surface area contributed by atoms with Gasteiger partial charge in [-0.2, -0.15) is 0 Å². The molecule has 118 valence electrons. The van der Waals surface area contributed by atoms with Crippen molar-refractivity contribution in [2.75, 3.05) is 19.6 Å². The summed E-state index contributed by atoms with van der Waals surface area (Å²) in [4.78, 5) is 11.7. The van der Waals surface area contributed by atoms with E-state index in [0.717, 1.165) is 25.9 Å². The molecule has 0 spiro atoms. The van der Waals surface area contributed by atoms with Gasteiger partial charge in [-0.25, -0.2) is 4.39 Å². The predicted octanol–water partition coefficient (Wildman–Crippen LogP) is 1.79. The van der Waals surface area contributed by atoms with Gasteiger partial charge >= 0.3 is 0 Å². The molecule has 0 aliphatic carbocycles. The summed E-state index contributed by atoms with van der Waals surface area (Å²) in [7, 11) is 0. The second-order valence-electron chi connectivity index (χ2n) is 5.27. The van der Waals surface area contributed by atoms with Crippen LogP contribution in [0, 0.1) is 11.7 Å². The summed E-state index contributed by atoms with van der Waals surface area (Å²) in [6.07, 6.45) is 1.70. The van der Waals surface area contributed by atoms with E-state index in [-0.39, 0.29) is 30.7 Å². The number of benzene rings is 1. The van der Waals surface area contributed by atoms with Crippen LogP contribution < -0.4 is 10.6 Å². The van der Waals surface area contributed by atoms with Crippen molar-refractivity contribution < 1.29 is 14.3 Å². The maximum absolute atomic E-state index is 12.8. The first kappa shape index (κ1) is 17.9. The molecule has 1 saturated heterocycles. The van der Waals surface area contributed by atoms with Crippen molar-refractivity contribution in [3.05, 3.63) is 35.6 Å². The van der Waals surface area contributed by atoms with Gasteiger partial charge in [-0.3, -0.25) is 4.79 Å². The Hall–Kier alpha value is -1.17. The van der Waals surface area contributed by atoms with Crippen molar-refractivity contribution in [2.24, 2.45) is 5.92 Å². The zero-order valence-electron chi connectivity index (χ0n) is 11.8. The third-order valence-corrected chi connectivity index (χ3v) is 3.69. The number of aliphatic hydroxyl groups is 1. The Labute approximate surface area is 130 Å². The Morgan fingerprint density at radius 1 is 1.43 bits per heavy atom. The van der Waals surface area contributed by atoms with E-state index in [1.807, 2.05) is 0 Å². The zero-order valence-corrected chi connectivity index (χ0v) is 12.7. The van der Waals surface area contributed by atoms with E-state index >= 15 is 0 Å². The minimum atomic E-state index is -0.798. The molecule has 1 heterocycles. The van der Waals surface area contributed by atoms with E-state index in [0.29, 0.717) is 17.9 Å². The second kappa shape index (κ2) is 8.97. The fourth-order valence-corrected chi connectivity index (χ4v) is 2.40. The van der Waals surface area contributed by atoms with Gasteiger partial charge in [0.2, 0.25) is 5.91 Å². The van der Waals surface area contributed by atoms with E-state index < -0.39 is 6.10 Å². The average Bonchev–Trinajstić information content (AvgIpc) is 2.96. The first-order chi connectivity index (χ1) is 9.65. The van der Waals surface area contributed by atoms with Crippen molar-refractivity contribution in [1.29, 1.82) is 0 Å². The molecular weight excluding hydrogens is 295 g/mol. The lowest BCUT2D eigenvalue weighted by molar-refractivity contribution is -0.121. The standard InChI is InChI=1S/C15H21FN2O2.ClH/c16-13-4-2-12(3-5-13)14(19)10-18-15(20)6-1-11-7-8-17-9-11;/h2-5,11,14,17,19H,1,6-10H2,(H,18,20);1H. The lowest BCUT2D eigenvalue weighted by atomic mass is 10.0. The largest absolute Gasteiger partial charge is 0.387 e. The van der Waals surface area contributed by atoms with Crippen molar-refractivity contribution in [3.63, 3.8) is 0 Å². The molecule has 0 bridgehead atoms. The van der Waals surface area contributed by atoms with Crippen molar-refractivity contribution >= 4 is 18.3 Å².